The van der Waals surface area contributed by atoms with Gasteiger partial charge < -0.3 is 13.9 Å². The molecule has 2 atom stereocenters. The number of hydrogen-bond acceptors (Lipinski definition) is 3. The van der Waals surface area contributed by atoms with E-state index >= 15 is 0 Å². The van der Waals surface area contributed by atoms with Crippen LogP contribution in [0, 0.1) is 0 Å². The van der Waals surface area contributed by atoms with Crippen LogP contribution in [-0.2, 0) is 13.9 Å². The van der Waals surface area contributed by atoms with Gasteiger partial charge in [0.05, 0.1) is 0 Å². The molecule has 0 fully saturated rings. The van der Waals surface area contributed by atoms with Crippen LogP contribution in [0.5, 0.6) is 0 Å². The Bertz CT molecular complexity index is 118. The Kier molecular flexibility index (Phi) is 9.71. The Labute approximate surface area is 90.7 Å². The fourth-order valence-electron chi connectivity index (χ4n) is 1.17. The summed E-state index contributed by atoms with van der Waals surface area (Å²) in [6, 6.07) is 0. The maximum absolute atomic E-state index is 5.52. The van der Waals surface area contributed by atoms with Crippen LogP contribution in [0.25, 0.3) is 0 Å². The summed E-state index contributed by atoms with van der Waals surface area (Å²) in [7, 11) is 0.713. The van der Waals surface area contributed by atoms with Crippen LogP contribution in [0.3, 0.4) is 0 Å². The van der Waals surface area contributed by atoms with Crippen molar-refractivity contribution in [1.82, 2.24) is 0 Å². The van der Waals surface area contributed by atoms with E-state index in [0.29, 0.717) is 10.5 Å². The molecule has 3 nitrogen and oxygen atoms in total. The first-order valence-corrected chi connectivity index (χ1v) is 6.36. The molecule has 0 saturated carbocycles. The first-order valence-electron chi connectivity index (χ1n) is 5.54. The van der Waals surface area contributed by atoms with Gasteiger partial charge in [-0.1, -0.05) is 26.7 Å². The molecule has 0 aliphatic heterocycles. The van der Waals surface area contributed by atoms with Crippen LogP contribution in [0.2, 0.25) is 0 Å². The highest BCUT2D eigenvalue weighted by Crippen LogP contribution is 2.05. The van der Waals surface area contributed by atoms with Crippen molar-refractivity contribution in [1.29, 1.82) is 0 Å². The lowest BCUT2D eigenvalue weighted by Gasteiger charge is -2.20. The van der Waals surface area contributed by atoms with Crippen molar-refractivity contribution < 1.29 is 13.9 Å². The minimum absolute atomic E-state index is 0.0807. The standard InChI is InChI=1S/C10H24O3Si/c1-4-6-7-8-11-9(3)12-10(5-2)13-14/h9-10H,4-8H2,1-3,14H3. The van der Waals surface area contributed by atoms with Gasteiger partial charge in [-0.25, -0.2) is 0 Å². The molecular formula is C10H24O3Si. The average Bonchev–Trinajstić information content (AvgIpc) is 2.21. The number of hydrogen-bond donors (Lipinski definition) is 0. The second kappa shape index (κ2) is 9.64. The van der Waals surface area contributed by atoms with Crippen molar-refractivity contribution in [2.75, 3.05) is 6.61 Å². The largest absolute Gasteiger partial charge is 0.404 e. The van der Waals surface area contributed by atoms with Gasteiger partial charge in [0.2, 0.25) is 0 Å². The summed E-state index contributed by atoms with van der Waals surface area (Å²) in [6.07, 6.45) is 4.21. The van der Waals surface area contributed by atoms with Gasteiger partial charge in [-0.15, -0.1) is 0 Å². The zero-order valence-corrected chi connectivity index (χ0v) is 11.9. The van der Waals surface area contributed by atoms with Crippen LogP contribution in [0.4, 0.5) is 0 Å². The highest BCUT2D eigenvalue weighted by atomic mass is 28.2. The fraction of sp³-hybridized carbons (Fsp3) is 1.00. The van der Waals surface area contributed by atoms with Crippen LogP contribution in [0.15, 0.2) is 0 Å². The van der Waals surface area contributed by atoms with E-state index in [0.717, 1.165) is 19.4 Å². The van der Waals surface area contributed by atoms with Gasteiger partial charge in [-0.05, 0) is 19.8 Å². The minimum atomic E-state index is -0.147. The SMILES string of the molecule is CCCCCOC(C)OC(CC)O[SiH3]. The van der Waals surface area contributed by atoms with Gasteiger partial charge in [0, 0.05) is 6.61 Å². The van der Waals surface area contributed by atoms with Crippen molar-refractivity contribution in [2.45, 2.75) is 59.0 Å². The summed E-state index contributed by atoms with van der Waals surface area (Å²) < 4.78 is 16.2. The Morgan fingerprint density at radius 1 is 1.21 bits per heavy atom. The van der Waals surface area contributed by atoms with Gasteiger partial charge in [-0.3, -0.25) is 0 Å². The summed E-state index contributed by atoms with van der Waals surface area (Å²) in [5.41, 5.74) is 0. The molecule has 0 rings (SSSR count). The first kappa shape index (κ1) is 14.1. The lowest BCUT2D eigenvalue weighted by atomic mass is 10.3. The lowest BCUT2D eigenvalue weighted by Crippen LogP contribution is -2.23. The highest BCUT2D eigenvalue weighted by molar-refractivity contribution is 5.98. The smallest absolute Gasteiger partial charge is 0.157 e. The Hall–Kier alpha value is 0.0969. The molecule has 0 aromatic carbocycles. The molecule has 0 spiro atoms. The van der Waals surface area contributed by atoms with Crippen molar-refractivity contribution in [2.24, 2.45) is 0 Å². The molecular weight excluding hydrogens is 196 g/mol. The third kappa shape index (κ3) is 7.50. The number of unbranched alkanes of at least 4 members (excludes halogenated alkanes) is 2. The highest BCUT2D eigenvalue weighted by Gasteiger charge is 2.09. The Balaban J connectivity index is 3.38. The summed E-state index contributed by atoms with van der Waals surface area (Å²) in [6.45, 7) is 6.94. The average molecular weight is 220 g/mol. The monoisotopic (exact) mass is 220 g/mol. The minimum Gasteiger partial charge on any atom is -0.404 e. The van der Waals surface area contributed by atoms with Gasteiger partial charge >= 0.3 is 0 Å². The van der Waals surface area contributed by atoms with Gasteiger partial charge in [0.1, 0.15) is 16.8 Å². The van der Waals surface area contributed by atoms with E-state index in [1.807, 2.05) is 13.8 Å². The summed E-state index contributed by atoms with van der Waals surface area (Å²) >= 11 is 0. The van der Waals surface area contributed by atoms with Crippen molar-refractivity contribution in [3.63, 3.8) is 0 Å². The molecule has 0 saturated heterocycles. The van der Waals surface area contributed by atoms with Crippen LogP contribution in [-0.4, -0.2) is 29.7 Å². The van der Waals surface area contributed by atoms with Gasteiger partial charge in [0.15, 0.2) is 6.29 Å². The maximum Gasteiger partial charge on any atom is 0.157 e. The number of rotatable bonds is 9. The van der Waals surface area contributed by atoms with Crippen molar-refractivity contribution in [3.8, 4) is 0 Å². The summed E-state index contributed by atoms with van der Waals surface area (Å²) in [5.74, 6) is 0. The molecule has 86 valence electrons. The summed E-state index contributed by atoms with van der Waals surface area (Å²) in [4.78, 5) is 0. The molecule has 0 heterocycles. The van der Waals surface area contributed by atoms with E-state index in [1.54, 1.807) is 0 Å². The van der Waals surface area contributed by atoms with E-state index in [2.05, 4.69) is 6.92 Å². The molecule has 2 unspecified atom stereocenters. The van der Waals surface area contributed by atoms with Crippen LogP contribution >= 0.6 is 0 Å². The molecule has 0 aliphatic rings. The molecule has 0 bridgehead atoms. The van der Waals surface area contributed by atoms with Crippen molar-refractivity contribution in [3.05, 3.63) is 0 Å². The number of ether oxygens (including phenoxy) is 2. The third-order valence-electron chi connectivity index (χ3n) is 2.04. The topological polar surface area (TPSA) is 27.7 Å². The predicted octanol–water partition coefficient (Wildman–Crippen LogP) is 1.59. The molecule has 0 radical (unpaired) electrons. The lowest BCUT2D eigenvalue weighted by molar-refractivity contribution is -0.210. The summed E-state index contributed by atoms with van der Waals surface area (Å²) in [5, 5.41) is 0. The molecule has 0 aromatic rings. The van der Waals surface area contributed by atoms with Crippen LogP contribution < -0.4 is 0 Å². The van der Waals surface area contributed by atoms with E-state index in [9.17, 15) is 0 Å². The first-order chi connectivity index (χ1) is 6.74. The fourth-order valence-corrected chi connectivity index (χ4v) is 1.62. The second-order valence-corrected chi connectivity index (χ2v) is 3.83. The molecule has 14 heavy (non-hydrogen) atoms. The molecule has 0 aliphatic carbocycles. The van der Waals surface area contributed by atoms with E-state index in [1.165, 1.54) is 12.8 Å². The zero-order valence-electron chi connectivity index (χ0n) is 9.91. The quantitative estimate of drug-likeness (QED) is 0.335. The molecule has 4 heteroatoms. The maximum atomic E-state index is 5.52. The Morgan fingerprint density at radius 2 is 1.93 bits per heavy atom. The molecule has 0 aromatic heterocycles. The normalized spacial score (nSPS) is 15.6. The molecule has 0 N–H and O–H groups in total. The van der Waals surface area contributed by atoms with E-state index in [4.69, 9.17) is 13.9 Å². The van der Waals surface area contributed by atoms with Gasteiger partial charge in [0.25, 0.3) is 0 Å². The second-order valence-electron chi connectivity index (χ2n) is 3.36. The Morgan fingerprint density at radius 3 is 2.43 bits per heavy atom. The van der Waals surface area contributed by atoms with Crippen molar-refractivity contribution >= 4 is 10.5 Å². The third-order valence-corrected chi connectivity index (χ3v) is 2.57. The van der Waals surface area contributed by atoms with Crippen LogP contribution in [0.1, 0.15) is 46.5 Å². The van der Waals surface area contributed by atoms with E-state index < -0.39 is 0 Å². The molecule has 0 amide bonds. The van der Waals surface area contributed by atoms with Gasteiger partial charge in [-0.2, -0.15) is 0 Å². The zero-order chi connectivity index (χ0) is 10.8. The van der Waals surface area contributed by atoms with E-state index in [-0.39, 0.29) is 12.6 Å². The predicted molar refractivity (Wildman–Crippen MR) is 61.1 cm³/mol.